The van der Waals surface area contributed by atoms with Crippen LogP contribution in [-0.2, 0) is 4.74 Å². The van der Waals surface area contributed by atoms with E-state index in [-0.39, 0.29) is 0 Å². The van der Waals surface area contributed by atoms with E-state index in [2.05, 4.69) is 17.2 Å². The van der Waals surface area contributed by atoms with Gasteiger partial charge in [0.15, 0.2) is 0 Å². The van der Waals surface area contributed by atoms with E-state index in [0.717, 1.165) is 31.0 Å². The number of nitrogens with two attached hydrogens (primary N) is 1. The van der Waals surface area contributed by atoms with Gasteiger partial charge in [-0.2, -0.15) is 0 Å². The molecule has 1 aliphatic rings. The number of nitrogens with one attached hydrogen (secondary N) is 1. The summed E-state index contributed by atoms with van der Waals surface area (Å²) in [5, 5.41) is 3.37. The monoisotopic (exact) mass is 221 g/mol. The molecule has 1 saturated heterocycles. The van der Waals surface area contributed by atoms with Crippen molar-refractivity contribution in [1.29, 1.82) is 0 Å². The average molecular weight is 221 g/mol. The van der Waals surface area contributed by atoms with Gasteiger partial charge in [-0.15, -0.1) is 0 Å². The van der Waals surface area contributed by atoms with Crippen molar-refractivity contribution >= 4 is 11.5 Å². The highest BCUT2D eigenvalue weighted by Gasteiger charge is 2.23. The van der Waals surface area contributed by atoms with Gasteiger partial charge in [-0.25, -0.2) is 4.98 Å². The highest BCUT2D eigenvalue weighted by Crippen LogP contribution is 2.21. The topological polar surface area (TPSA) is 60.2 Å². The molecule has 3 N–H and O–H groups in total. The number of ether oxygens (including phenoxy) is 1. The van der Waals surface area contributed by atoms with Crippen LogP contribution in [0.4, 0.5) is 11.5 Å². The zero-order valence-corrected chi connectivity index (χ0v) is 9.86. The third kappa shape index (κ3) is 2.44. The van der Waals surface area contributed by atoms with Gasteiger partial charge in [0.05, 0.1) is 18.0 Å². The van der Waals surface area contributed by atoms with Crippen molar-refractivity contribution in [2.45, 2.75) is 26.4 Å². The number of anilines is 2. The van der Waals surface area contributed by atoms with Crippen LogP contribution < -0.4 is 11.1 Å². The molecule has 88 valence electrons. The van der Waals surface area contributed by atoms with Crippen LogP contribution in [0.25, 0.3) is 0 Å². The summed E-state index contributed by atoms with van der Waals surface area (Å²) in [4.78, 5) is 4.29. The van der Waals surface area contributed by atoms with Crippen LogP contribution in [-0.4, -0.2) is 24.2 Å². The van der Waals surface area contributed by atoms with Crippen molar-refractivity contribution < 1.29 is 4.74 Å². The Labute approximate surface area is 96.2 Å². The summed E-state index contributed by atoms with van der Waals surface area (Å²) in [5.41, 5.74) is 7.46. The average Bonchev–Trinajstić information content (AvgIpc) is 2.63. The van der Waals surface area contributed by atoms with E-state index in [1.54, 1.807) is 6.20 Å². The van der Waals surface area contributed by atoms with Crippen LogP contribution in [0.2, 0.25) is 0 Å². The van der Waals surface area contributed by atoms with Crippen molar-refractivity contribution in [3.63, 3.8) is 0 Å². The Hall–Kier alpha value is -1.29. The molecule has 1 aromatic heterocycles. The maximum Gasteiger partial charge on any atom is 0.129 e. The van der Waals surface area contributed by atoms with Gasteiger partial charge in [0, 0.05) is 19.1 Å². The lowest BCUT2D eigenvalue weighted by molar-refractivity contribution is 0.108. The first-order valence-electron chi connectivity index (χ1n) is 5.74. The summed E-state index contributed by atoms with van der Waals surface area (Å²) in [6, 6.07) is 1.93. The smallest absolute Gasteiger partial charge is 0.129 e. The number of hydrogen-bond donors (Lipinski definition) is 2. The number of rotatable bonds is 3. The summed E-state index contributed by atoms with van der Waals surface area (Å²) in [7, 11) is 0. The third-order valence-corrected chi connectivity index (χ3v) is 3.16. The molecule has 2 heterocycles. The van der Waals surface area contributed by atoms with E-state index < -0.39 is 0 Å². The normalized spacial score (nSPS) is 24.6. The van der Waals surface area contributed by atoms with Crippen molar-refractivity contribution in [2.75, 3.05) is 24.2 Å². The minimum absolute atomic E-state index is 0.349. The Morgan fingerprint density at radius 3 is 3.06 bits per heavy atom. The van der Waals surface area contributed by atoms with Gasteiger partial charge in [0.2, 0.25) is 0 Å². The highest BCUT2D eigenvalue weighted by molar-refractivity contribution is 5.50. The Morgan fingerprint density at radius 2 is 2.44 bits per heavy atom. The minimum atomic E-state index is 0.349. The molecule has 2 unspecified atom stereocenters. The number of nitrogens with zero attached hydrogens (tertiary/aromatic N) is 1. The Balaban J connectivity index is 1.94. The molecule has 0 aromatic carbocycles. The van der Waals surface area contributed by atoms with E-state index in [1.807, 2.05) is 13.0 Å². The van der Waals surface area contributed by atoms with Crippen LogP contribution in [0.3, 0.4) is 0 Å². The Kier molecular flexibility index (Phi) is 3.29. The molecule has 16 heavy (non-hydrogen) atoms. The molecule has 1 aromatic rings. The van der Waals surface area contributed by atoms with Gasteiger partial charge < -0.3 is 15.8 Å². The second-order valence-corrected chi connectivity index (χ2v) is 4.44. The molecule has 0 radical (unpaired) electrons. The third-order valence-electron chi connectivity index (χ3n) is 3.16. The standard InChI is InChI=1S/C12H19N3O/c1-8-5-11(13)7-15-12(8)14-6-10-3-4-16-9(10)2/h5,7,9-10H,3-4,6,13H2,1-2H3,(H,14,15). The molecule has 0 spiro atoms. The summed E-state index contributed by atoms with van der Waals surface area (Å²) in [6.45, 7) is 5.93. The number of pyridine rings is 1. The second-order valence-electron chi connectivity index (χ2n) is 4.44. The SMILES string of the molecule is Cc1cc(N)cnc1NCC1CCOC1C. The summed E-state index contributed by atoms with van der Waals surface area (Å²) < 4.78 is 5.52. The van der Waals surface area contributed by atoms with Crippen molar-refractivity contribution in [1.82, 2.24) is 4.98 Å². The Morgan fingerprint density at radius 1 is 1.62 bits per heavy atom. The fourth-order valence-corrected chi connectivity index (χ4v) is 2.05. The highest BCUT2D eigenvalue weighted by atomic mass is 16.5. The van der Waals surface area contributed by atoms with Gasteiger partial charge in [0.25, 0.3) is 0 Å². The molecule has 0 amide bonds. The van der Waals surface area contributed by atoms with Crippen molar-refractivity contribution in [3.05, 3.63) is 17.8 Å². The van der Waals surface area contributed by atoms with Crippen LogP contribution in [0.1, 0.15) is 18.9 Å². The van der Waals surface area contributed by atoms with Crippen LogP contribution >= 0.6 is 0 Å². The fraction of sp³-hybridized carbons (Fsp3) is 0.583. The molecule has 4 nitrogen and oxygen atoms in total. The largest absolute Gasteiger partial charge is 0.397 e. The molecular formula is C12H19N3O. The van der Waals surface area contributed by atoms with Gasteiger partial charge in [0.1, 0.15) is 5.82 Å². The molecule has 2 atom stereocenters. The van der Waals surface area contributed by atoms with Crippen LogP contribution in [0, 0.1) is 12.8 Å². The van der Waals surface area contributed by atoms with E-state index in [0.29, 0.717) is 17.7 Å². The molecule has 0 saturated carbocycles. The first kappa shape index (κ1) is 11.2. The van der Waals surface area contributed by atoms with Gasteiger partial charge in [-0.3, -0.25) is 0 Å². The zero-order valence-electron chi connectivity index (χ0n) is 9.86. The summed E-state index contributed by atoms with van der Waals surface area (Å²) >= 11 is 0. The lowest BCUT2D eigenvalue weighted by Gasteiger charge is -2.16. The van der Waals surface area contributed by atoms with Gasteiger partial charge in [-0.05, 0) is 31.9 Å². The molecule has 1 aliphatic heterocycles. The van der Waals surface area contributed by atoms with E-state index in [1.165, 1.54) is 0 Å². The number of aromatic nitrogens is 1. The molecule has 2 rings (SSSR count). The summed E-state index contributed by atoms with van der Waals surface area (Å²) in [6.07, 6.45) is 3.16. The van der Waals surface area contributed by atoms with E-state index >= 15 is 0 Å². The molecular weight excluding hydrogens is 202 g/mol. The molecule has 4 heteroatoms. The fourth-order valence-electron chi connectivity index (χ4n) is 2.05. The molecule has 0 aliphatic carbocycles. The van der Waals surface area contributed by atoms with Gasteiger partial charge in [-0.1, -0.05) is 0 Å². The first-order chi connectivity index (χ1) is 7.66. The first-order valence-corrected chi connectivity index (χ1v) is 5.74. The second kappa shape index (κ2) is 4.70. The molecule has 1 fully saturated rings. The van der Waals surface area contributed by atoms with Crippen LogP contribution in [0.15, 0.2) is 12.3 Å². The maximum atomic E-state index is 5.66. The predicted octanol–water partition coefficient (Wildman–Crippen LogP) is 1.81. The quantitative estimate of drug-likeness (QED) is 0.817. The number of hydrogen-bond acceptors (Lipinski definition) is 4. The summed E-state index contributed by atoms with van der Waals surface area (Å²) in [5.74, 6) is 1.51. The molecule has 0 bridgehead atoms. The van der Waals surface area contributed by atoms with Gasteiger partial charge >= 0.3 is 0 Å². The van der Waals surface area contributed by atoms with Crippen molar-refractivity contribution in [2.24, 2.45) is 5.92 Å². The minimum Gasteiger partial charge on any atom is -0.397 e. The number of nitrogen functional groups attached to an aromatic ring is 1. The number of aryl methyl sites for hydroxylation is 1. The zero-order chi connectivity index (χ0) is 11.5. The predicted molar refractivity (Wildman–Crippen MR) is 65.4 cm³/mol. The van der Waals surface area contributed by atoms with E-state index in [4.69, 9.17) is 10.5 Å². The van der Waals surface area contributed by atoms with Crippen LogP contribution in [0.5, 0.6) is 0 Å². The van der Waals surface area contributed by atoms with E-state index in [9.17, 15) is 0 Å². The maximum absolute atomic E-state index is 5.66. The van der Waals surface area contributed by atoms with Crippen molar-refractivity contribution in [3.8, 4) is 0 Å². The Bertz CT molecular complexity index is 367. The lowest BCUT2D eigenvalue weighted by Crippen LogP contribution is -2.21. The lowest BCUT2D eigenvalue weighted by atomic mass is 10.0.